The molecule has 0 bridgehead atoms. The van der Waals surface area contributed by atoms with E-state index in [0.717, 1.165) is 19.3 Å². The first-order chi connectivity index (χ1) is 5.33. The highest BCUT2D eigenvalue weighted by atomic mass is 19.1. The quantitative estimate of drug-likeness (QED) is 0.510. The Morgan fingerprint density at radius 3 is 2.73 bits per heavy atom. The van der Waals surface area contributed by atoms with Crippen molar-refractivity contribution in [3.63, 3.8) is 0 Å². The van der Waals surface area contributed by atoms with Gasteiger partial charge in [0.25, 0.3) is 0 Å². The van der Waals surface area contributed by atoms with Crippen molar-refractivity contribution in [2.75, 3.05) is 0 Å². The normalized spacial score (nSPS) is 35.8. The molecule has 1 rings (SSSR count). The number of hydrogen-bond acceptors (Lipinski definition) is 0. The van der Waals surface area contributed by atoms with Crippen LogP contribution in [0.4, 0.5) is 4.39 Å². The Labute approximate surface area is 68.5 Å². The van der Waals surface area contributed by atoms with Crippen LogP contribution in [0.15, 0.2) is 12.2 Å². The van der Waals surface area contributed by atoms with Gasteiger partial charge in [0.05, 0.1) is 0 Å². The molecule has 0 fully saturated rings. The molecule has 0 aromatic rings. The van der Waals surface area contributed by atoms with E-state index in [1.807, 2.05) is 0 Å². The molecule has 1 aliphatic carbocycles. The van der Waals surface area contributed by atoms with Crippen LogP contribution in [-0.2, 0) is 0 Å². The summed E-state index contributed by atoms with van der Waals surface area (Å²) in [4.78, 5) is 0. The Bertz CT molecular complexity index is 129. The summed E-state index contributed by atoms with van der Waals surface area (Å²) in [5, 5.41) is 0. The summed E-state index contributed by atoms with van der Waals surface area (Å²) in [5.41, 5.74) is 0. The van der Waals surface area contributed by atoms with E-state index in [0.29, 0.717) is 5.92 Å². The molecule has 0 saturated heterocycles. The van der Waals surface area contributed by atoms with Crippen LogP contribution in [0.2, 0.25) is 0 Å². The molecule has 0 heterocycles. The first-order valence-corrected chi connectivity index (χ1v) is 4.65. The standard InChI is InChI=1S/C10H17F/c1-2-9-5-3-4-6-10(11)8-7-9/h7-10H,2-6H2,1H3/b8-7-. The van der Waals surface area contributed by atoms with Gasteiger partial charge < -0.3 is 0 Å². The van der Waals surface area contributed by atoms with Crippen molar-refractivity contribution in [1.82, 2.24) is 0 Å². The molecular weight excluding hydrogens is 139 g/mol. The Morgan fingerprint density at radius 1 is 1.27 bits per heavy atom. The topological polar surface area (TPSA) is 0 Å². The zero-order valence-electron chi connectivity index (χ0n) is 7.22. The number of halogens is 1. The molecule has 0 amide bonds. The molecule has 0 aliphatic heterocycles. The number of rotatable bonds is 1. The Kier molecular flexibility index (Phi) is 3.61. The molecule has 0 N–H and O–H groups in total. The minimum absolute atomic E-state index is 0.633. The van der Waals surface area contributed by atoms with Gasteiger partial charge in [0, 0.05) is 0 Å². The lowest BCUT2D eigenvalue weighted by molar-refractivity contribution is 0.350. The van der Waals surface area contributed by atoms with Crippen molar-refractivity contribution in [2.45, 2.75) is 45.2 Å². The Morgan fingerprint density at radius 2 is 2.00 bits per heavy atom. The van der Waals surface area contributed by atoms with Gasteiger partial charge in [-0.15, -0.1) is 0 Å². The second-order valence-electron chi connectivity index (χ2n) is 3.35. The van der Waals surface area contributed by atoms with Crippen molar-refractivity contribution in [3.05, 3.63) is 12.2 Å². The van der Waals surface area contributed by atoms with Crippen LogP contribution in [0.5, 0.6) is 0 Å². The first kappa shape index (κ1) is 8.76. The SMILES string of the molecule is CCC1/C=C\C(F)CCCC1. The van der Waals surface area contributed by atoms with E-state index in [2.05, 4.69) is 13.0 Å². The van der Waals surface area contributed by atoms with Gasteiger partial charge in [-0.3, -0.25) is 0 Å². The van der Waals surface area contributed by atoms with Gasteiger partial charge in [0.15, 0.2) is 0 Å². The summed E-state index contributed by atoms with van der Waals surface area (Å²) in [6, 6.07) is 0. The largest absolute Gasteiger partial charge is 0.243 e. The molecule has 0 spiro atoms. The van der Waals surface area contributed by atoms with E-state index in [-0.39, 0.29) is 0 Å². The summed E-state index contributed by atoms with van der Waals surface area (Å²) in [5.74, 6) is 0.633. The van der Waals surface area contributed by atoms with E-state index < -0.39 is 6.17 Å². The maximum Gasteiger partial charge on any atom is 0.118 e. The molecule has 0 aromatic heterocycles. The van der Waals surface area contributed by atoms with Crippen LogP contribution in [0, 0.1) is 5.92 Å². The number of hydrogen-bond donors (Lipinski definition) is 0. The fraction of sp³-hybridized carbons (Fsp3) is 0.800. The molecule has 64 valence electrons. The van der Waals surface area contributed by atoms with Gasteiger partial charge in [-0.05, 0) is 25.2 Å². The predicted octanol–water partition coefficient (Wildman–Crippen LogP) is 3.48. The molecular formula is C10H17F. The lowest BCUT2D eigenvalue weighted by Gasteiger charge is -2.13. The maximum absolute atomic E-state index is 12.8. The summed E-state index contributed by atoms with van der Waals surface area (Å²) >= 11 is 0. The minimum atomic E-state index is -0.677. The fourth-order valence-corrected chi connectivity index (χ4v) is 1.56. The van der Waals surface area contributed by atoms with Crippen molar-refractivity contribution in [3.8, 4) is 0 Å². The van der Waals surface area contributed by atoms with Gasteiger partial charge in [-0.1, -0.05) is 31.9 Å². The van der Waals surface area contributed by atoms with Crippen LogP contribution >= 0.6 is 0 Å². The third-order valence-electron chi connectivity index (χ3n) is 2.42. The highest BCUT2D eigenvalue weighted by molar-refractivity contribution is 4.94. The number of allylic oxidation sites excluding steroid dienone is 2. The number of alkyl halides is 1. The first-order valence-electron chi connectivity index (χ1n) is 4.65. The highest BCUT2D eigenvalue weighted by Gasteiger charge is 2.08. The summed E-state index contributed by atoms with van der Waals surface area (Å²) < 4.78 is 12.8. The smallest absolute Gasteiger partial charge is 0.118 e. The summed E-state index contributed by atoms with van der Waals surface area (Å²) in [7, 11) is 0. The molecule has 1 heteroatoms. The molecule has 2 unspecified atom stereocenters. The van der Waals surface area contributed by atoms with Crippen LogP contribution in [0.3, 0.4) is 0 Å². The highest BCUT2D eigenvalue weighted by Crippen LogP contribution is 2.20. The van der Waals surface area contributed by atoms with Crippen LogP contribution in [-0.4, -0.2) is 6.17 Å². The van der Waals surface area contributed by atoms with Crippen molar-refractivity contribution >= 4 is 0 Å². The van der Waals surface area contributed by atoms with E-state index in [1.54, 1.807) is 6.08 Å². The van der Waals surface area contributed by atoms with Crippen molar-refractivity contribution in [1.29, 1.82) is 0 Å². The maximum atomic E-state index is 12.8. The van der Waals surface area contributed by atoms with Crippen molar-refractivity contribution in [2.24, 2.45) is 5.92 Å². The van der Waals surface area contributed by atoms with Crippen LogP contribution in [0.25, 0.3) is 0 Å². The summed E-state index contributed by atoms with van der Waals surface area (Å²) in [6.07, 6.45) is 8.52. The lowest BCUT2D eigenvalue weighted by Crippen LogP contribution is -2.03. The Hall–Kier alpha value is -0.330. The fourth-order valence-electron chi connectivity index (χ4n) is 1.56. The Balaban J connectivity index is 2.43. The monoisotopic (exact) mass is 156 g/mol. The predicted molar refractivity (Wildman–Crippen MR) is 46.3 cm³/mol. The second kappa shape index (κ2) is 4.53. The third kappa shape index (κ3) is 3.04. The average Bonchev–Trinajstić information content (AvgIpc) is 1.98. The van der Waals surface area contributed by atoms with Gasteiger partial charge in [-0.2, -0.15) is 0 Å². The summed E-state index contributed by atoms with van der Waals surface area (Å²) in [6.45, 7) is 2.17. The molecule has 0 nitrogen and oxygen atoms in total. The van der Waals surface area contributed by atoms with Crippen molar-refractivity contribution < 1.29 is 4.39 Å². The van der Waals surface area contributed by atoms with Crippen LogP contribution in [0.1, 0.15) is 39.0 Å². The molecule has 0 radical (unpaired) electrons. The lowest BCUT2D eigenvalue weighted by atomic mass is 9.94. The van der Waals surface area contributed by atoms with Crippen LogP contribution < -0.4 is 0 Å². The van der Waals surface area contributed by atoms with Gasteiger partial charge in [0.2, 0.25) is 0 Å². The molecule has 2 atom stereocenters. The van der Waals surface area contributed by atoms with E-state index in [1.165, 1.54) is 12.8 Å². The average molecular weight is 156 g/mol. The molecule has 0 aromatic carbocycles. The van der Waals surface area contributed by atoms with Gasteiger partial charge in [0.1, 0.15) is 6.17 Å². The minimum Gasteiger partial charge on any atom is -0.243 e. The molecule has 11 heavy (non-hydrogen) atoms. The molecule has 1 aliphatic rings. The third-order valence-corrected chi connectivity index (χ3v) is 2.42. The van der Waals surface area contributed by atoms with E-state index in [9.17, 15) is 4.39 Å². The van der Waals surface area contributed by atoms with E-state index >= 15 is 0 Å². The second-order valence-corrected chi connectivity index (χ2v) is 3.35. The van der Waals surface area contributed by atoms with E-state index in [4.69, 9.17) is 0 Å². The van der Waals surface area contributed by atoms with Gasteiger partial charge >= 0.3 is 0 Å². The van der Waals surface area contributed by atoms with Gasteiger partial charge in [-0.25, -0.2) is 4.39 Å². The molecule has 0 saturated carbocycles. The zero-order chi connectivity index (χ0) is 8.10. The zero-order valence-corrected chi connectivity index (χ0v) is 7.22.